The average Bonchev–Trinajstić information content (AvgIpc) is 2.90. The van der Waals surface area contributed by atoms with Crippen molar-refractivity contribution in [1.82, 2.24) is 9.78 Å². The molecule has 2 N–H and O–H groups in total. The number of Topliss-reactive ketones (excluding diaryl/α,β-unsaturated/α-hetero) is 1. The monoisotopic (exact) mass is 253 g/mol. The molecule has 0 spiro atoms. The molecule has 1 aliphatic heterocycles. The summed E-state index contributed by atoms with van der Waals surface area (Å²) in [6.07, 6.45) is 6.17. The molecule has 0 saturated carbocycles. The van der Waals surface area contributed by atoms with Crippen LogP contribution in [0, 0.1) is 0 Å². The smallest absolute Gasteiger partial charge is 0.177 e. The predicted octanol–water partition coefficient (Wildman–Crippen LogP) is 0.323. The second-order valence-corrected chi connectivity index (χ2v) is 4.41. The summed E-state index contributed by atoms with van der Waals surface area (Å²) < 4.78 is 12.4. The largest absolute Gasteiger partial charge is 0.353 e. The lowest BCUT2D eigenvalue weighted by Gasteiger charge is -2.22. The van der Waals surface area contributed by atoms with Gasteiger partial charge in [0, 0.05) is 19.0 Å². The maximum atomic E-state index is 11.8. The number of hydrogen-bond acceptors (Lipinski definition) is 5. The third-order valence-corrected chi connectivity index (χ3v) is 2.91. The Morgan fingerprint density at radius 3 is 3.17 bits per heavy atom. The minimum absolute atomic E-state index is 0.00705. The Kier molecular flexibility index (Phi) is 4.86. The molecule has 0 bridgehead atoms. The summed E-state index contributed by atoms with van der Waals surface area (Å²) in [6.45, 7) is 1.09. The molecule has 100 valence electrons. The maximum absolute atomic E-state index is 11.8. The minimum atomic E-state index is -0.589. The number of nitrogens with zero attached hydrogens (tertiary/aromatic N) is 2. The molecule has 1 aliphatic rings. The van der Waals surface area contributed by atoms with Crippen molar-refractivity contribution in [3.63, 3.8) is 0 Å². The highest BCUT2D eigenvalue weighted by molar-refractivity contribution is 5.84. The van der Waals surface area contributed by atoms with E-state index in [-0.39, 0.29) is 18.7 Å². The first kappa shape index (κ1) is 13.2. The van der Waals surface area contributed by atoms with Gasteiger partial charge in [0.05, 0.1) is 12.6 Å². The van der Waals surface area contributed by atoms with E-state index in [1.165, 1.54) is 0 Å². The van der Waals surface area contributed by atoms with Gasteiger partial charge in [0.25, 0.3) is 0 Å². The first-order chi connectivity index (χ1) is 8.75. The molecule has 0 aliphatic carbocycles. The van der Waals surface area contributed by atoms with Crippen LogP contribution in [0.1, 0.15) is 19.3 Å². The Balaban J connectivity index is 1.70. The van der Waals surface area contributed by atoms with Crippen LogP contribution in [0.15, 0.2) is 18.5 Å². The number of nitrogens with two attached hydrogens (primary N) is 1. The van der Waals surface area contributed by atoms with E-state index < -0.39 is 6.04 Å². The van der Waals surface area contributed by atoms with Gasteiger partial charge in [-0.05, 0) is 25.3 Å². The summed E-state index contributed by atoms with van der Waals surface area (Å²) in [7, 11) is 0. The molecular weight excluding hydrogens is 234 g/mol. The van der Waals surface area contributed by atoms with Crippen molar-refractivity contribution in [1.29, 1.82) is 0 Å². The molecule has 1 aromatic rings. The van der Waals surface area contributed by atoms with E-state index >= 15 is 0 Å². The minimum Gasteiger partial charge on any atom is -0.353 e. The Morgan fingerprint density at radius 2 is 2.50 bits per heavy atom. The fourth-order valence-electron chi connectivity index (χ4n) is 1.84. The van der Waals surface area contributed by atoms with Crippen LogP contribution in [0.2, 0.25) is 0 Å². The molecule has 1 fully saturated rings. The van der Waals surface area contributed by atoms with Crippen LogP contribution >= 0.6 is 0 Å². The van der Waals surface area contributed by atoms with E-state index in [4.69, 9.17) is 15.2 Å². The van der Waals surface area contributed by atoms with Gasteiger partial charge in [-0.3, -0.25) is 9.48 Å². The molecule has 2 atom stereocenters. The number of carbonyl (C=O) groups excluding carboxylic acids is 1. The Morgan fingerprint density at radius 1 is 1.61 bits per heavy atom. The standard InChI is InChI=1S/C12H19N3O3/c13-10(8-15-6-3-5-14-15)11(16)9-18-12-4-1-2-7-17-12/h3,5-6,10,12H,1-2,4,7-9,13H2/t10-,12?/m0/s1. The second-order valence-electron chi connectivity index (χ2n) is 4.41. The number of hydrogen-bond donors (Lipinski definition) is 1. The SMILES string of the molecule is N[C@@H](Cn1cccn1)C(=O)COC1CCCCO1. The number of carbonyl (C=O) groups is 1. The molecule has 0 aromatic carbocycles. The van der Waals surface area contributed by atoms with Crippen LogP contribution in [-0.2, 0) is 20.8 Å². The molecular formula is C12H19N3O3. The fraction of sp³-hybridized carbons (Fsp3) is 0.667. The average molecular weight is 253 g/mol. The second kappa shape index (κ2) is 6.63. The highest BCUT2D eigenvalue weighted by Crippen LogP contribution is 2.13. The number of ketones is 1. The zero-order chi connectivity index (χ0) is 12.8. The van der Waals surface area contributed by atoms with Gasteiger partial charge >= 0.3 is 0 Å². The van der Waals surface area contributed by atoms with Crippen LogP contribution in [0.3, 0.4) is 0 Å². The van der Waals surface area contributed by atoms with E-state index in [0.29, 0.717) is 13.2 Å². The summed E-state index contributed by atoms with van der Waals surface area (Å²) in [6, 6.07) is 1.21. The lowest BCUT2D eigenvalue weighted by molar-refractivity contribution is -0.169. The lowest BCUT2D eigenvalue weighted by Crippen LogP contribution is -2.39. The van der Waals surface area contributed by atoms with Gasteiger partial charge in [-0.25, -0.2) is 0 Å². The van der Waals surface area contributed by atoms with E-state index in [1.807, 2.05) is 0 Å². The summed E-state index contributed by atoms with van der Waals surface area (Å²) >= 11 is 0. The summed E-state index contributed by atoms with van der Waals surface area (Å²) in [5.74, 6) is -0.125. The van der Waals surface area contributed by atoms with E-state index in [0.717, 1.165) is 19.3 Å². The fourth-order valence-corrected chi connectivity index (χ4v) is 1.84. The molecule has 1 saturated heterocycles. The molecule has 0 radical (unpaired) electrons. The van der Waals surface area contributed by atoms with E-state index in [2.05, 4.69) is 5.10 Å². The van der Waals surface area contributed by atoms with Gasteiger partial charge in [0.2, 0.25) is 0 Å². The highest BCUT2D eigenvalue weighted by Gasteiger charge is 2.19. The molecule has 6 nitrogen and oxygen atoms in total. The van der Waals surface area contributed by atoms with Gasteiger partial charge in [-0.15, -0.1) is 0 Å². The number of rotatable bonds is 6. The lowest BCUT2D eigenvalue weighted by atomic mass is 10.2. The van der Waals surface area contributed by atoms with Crippen LogP contribution < -0.4 is 5.73 Å². The third kappa shape index (κ3) is 3.90. The van der Waals surface area contributed by atoms with E-state index in [9.17, 15) is 4.79 Å². The zero-order valence-corrected chi connectivity index (χ0v) is 10.3. The molecule has 1 unspecified atom stereocenters. The van der Waals surface area contributed by atoms with Gasteiger partial charge < -0.3 is 15.2 Å². The normalized spacial score (nSPS) is 21.7. The first-order valence-corrected chi connectivity index (χ1v) is 6.24. The Hall–Kier alpha value is -1.24. The molecule has 1 aromatic heterocycles. The predicted molar refractivity (Wildman–Crippen MR) is 64.8 cm³/mol. The molecule has 0 amide bonds. The third-order valence-electron chi connectivity index (χ3n) is 2.91. The van der Waals surface area contributed by atoms with Crippen molar-refractivity contribution in [3.05, 3.63) is 18.5 Å². The van der Waals surface area contributed by atoms with Crippen LogP contribution in [0.4, 0.5) is 0 Å². The van der Waals surface area contributed by atoms with Crippen molar-refractivity contribution in [2.75, 3.05) is 13.2 Å². The van der Waals surface area contributed by atoms with E-state index in [1.54, 1.807) is 23.1 Å². The molecule has 2 rings (SSSR count). The quantitative estimate of drug-likeness (QED) is 0.790. The van der Waals surface area contributed by atoms with Gasteiger partial charge in [-0.2, -0.15) is 5.10 Å². The van der Waals surface area contributed by atoms with Crippen molar-refractivity contribution in [2.45, 2.75) is 38.1 Å². The summed E-state index contributed by atoms with van der Waals surface area (Å²) in [4.78, 5) is 11.8. The van der Waals surface area contributed by atoms with Crippen LogP contribution in [-0.4, -0.2) is 41.1 Å². The van der Waals surface area contributed by atoms with Crippen molar-refractivity contribution >= 4 is 5.78 Å². The zero-order valence-electron chi connectivity index (χ0n) is 10.3. The summed E-state index contributed by atoms with van der Waals surface area (Å²) in [5.41, 5.74) is 5.79. The van der Waals surface area contributed by atoms with Crippen molar-refractivity contribution in [2.24, 2.45) is 5.73 Å². The van der Waals surface area contributed by atoms with Crippen LogP contribution in [0.25, 0.3) is 0 Å². The number of aromatic nitrogens is 2. The van der Waals surface area contributed by atoms with Gasteiger partial charge in [-0.1, -0.05) is 0 Å². The molecule has 6 heteroatoms. The Labute approximate surface area is 106 Å². The summed E-state index contributed by atoms with van der Waals surface area (Å²) in [5, 5.41) is 4.01. The van der Waals surface area contributed by atoms with Crippen molar-refractivity contribution < 1.29 is 14.3 Å². The van der Waals surface area contributed by atoms with Gasteiger partial charge in [0.15, 0.2) is 12.1 Å². The Bertz CT molecular complexity index is 361. The maximum Gasteiger partial charge on any atom is 0.177 e. The molecule has 18 heavy (non-hydrogen) atoms. The van der Waals surface area contributed by atoms with Crippen LogP contribution in [0.5, 0.6) is 0 Å². The van der Waals surface area contributed by atoms with Gasteiger partial charge in [0.1, 0.15) is 6.61 Å². The number of ether oxygens (including phenoxy) is 2. The molecule has 2 heterocycles. The topological polar surface area (TPSA) is 79.4 Å². The highest BCUT2D eigenvalue weighted by atomic mass is 16.7. The van der Waals surface area contributed by atoms with Crippen molar-refractivity contribution in [3.8, 4) is 0 Å². The first-order valence-electron chi connectivity index (χ1n) is 6.24.